The lowest BCUT2D eigenvalue weighted by Gasteiger charge is -2.37. The normalized spacial score (nSPS) is 23.8. The van der Waals surface area contributed by atoms with Crippen molar-refractivity contribution in [3.8, 4) is 11.5 Å². The first-order valence-electron chi connectivity index (χ1n) is 19.6. The highest BCUT2D eigenvalue weighted by Crippen LogP contribution is 2.49. The van der Waals surface area contributed by atoms with Gasteiger partial charge in [0.2, 0.25) is 0 Å². The van der Waals surface area contributed by atoms with Crippen molar-refractivity contribution in [3.05, 3.63) is 57.6 Å². The fourth-order valence-electron chi connectivity index (χ4n) is 8.79. The van der Waals surface area contributed by atoms with Gasteiger partial charge in [-0.3, -0.25) is 0 Å². The number of aromatic hydroxyl groups is 2. The van der Waals surface area contributed by atoms with Gasteiger partial charge in [0.05, 0.1) is 0 Å². The second-order valence-electron chi connectivity index (χ2n) is 18.5. The Kier molecular flexibility index (Phi) is 12.3. The number of phenolic OH excluding ortho intramolecular Hbond substituents is 2. The van der Waals surface area contributed by atoms with Gasteiger partial charge < -0.3 is 10.2 Å². The van der Waals surface area contributed by atoms with Crippen molar-refractivity contribution in [2.45, 2.75) is 202 Å². The van der Waals surface area contributed by atoms with E-state index in [1.807, 2.05) is 0 Å². The van der Waals surface area contributed by atoms with E-state index in [4.69, 9.17) is 0 Å². The molecule has 2 nitrogen and oxygen atoms in total. The van der Waals surface area contributed by atoms with Crippen molar-refractivity contribution in [3.63, 3.8) is 0 Å². The number of phenols is 2. The van der Waals surface area contributed by atoms with Crippen molar-refractivity contribution >= 4 is 23.5 Å². The zero-order valence-corrected chi connectivity index (χ0v) is 33.5. The third-order valence-corrected chi connectivity index (χ3v) is 15.5. The fraction of sp³-hybridized carbons (Fsp3) is 0.727. The molecule has 2 aromatic rings. The van der Waals surface area contributed by atoms with Crippen LogP contribution >= 0.6 is 23.5 Å². The summed E-state index contributed by atoms with van der Waals surface area (Å²) in [5.74, 6) is 2.88. The number of hydrogen-bond acceptors (Lipinski definition) is 4. The summed E-state index contributed by atoms with van der Waals surface area (Å²) < 4.78 is 0. The first kappa shape index (κ1) is 38.0. The topological polar surface area (TPSA) is 40.5 Å². The summed E-state index contributed by atoms with van der Waals surface area (Å²) >= 11 is 4.20. The van der Waals surface area contributed by atoms with Crippen LogP contribution in [0.5, 0.6) is 11.5 Å². The van der Waals surface area contributed by atoms with E-state index in [9.17, 15) is 10.2 Å². The molecule has 268 valence electrons. The molecule has 0 aromatic heterocycles. The minimum Gasteiger partial charge on any atom is -0.507 e. The molecule has 3 aliphatic carbocycles. The van der Waals surface area contributed by atoms with Crippen molar-refractivity contribution in [1.82, 2.24) is 0 Å². The Morgan fingerprint density at radius 2 is 0.875 bits per heavy atom. The first-order chi connectivity index (χ1) is 22.6. The molecule has 0 aliphatic heterocycles. The van der Waals surface area contributed by atoms with Crippen LogP contribution in [0.4, 0.5) is 0 Å². The average molecular weight is 693 g/mol. The fourth-order valence-corrected chi connectivity index (χ4v) is 11.9. The minimum absolute atomic E-state index is 0.0443. The molecular weight excluding hydrogens is 625 g/mol. The molecule has 3 saturated carbocycles. The standard InChI is InChI=1S/C44H68O2S2/c1-41(2,3)33-25-31(39(45)35(27-33)43(7)21-15-11-16-22-43)29-47-37-19-13-9-10-14-20-38(37)48-30-32-26-34(42(4,5)6)28-36(40(32)46)44(8)23-17-12-18-24-44/h25-28,37-38,45-46H,9-24,29-30H2,1-8H3/t37-,38?/m0/s1. The maximum atomic E-state index is 11.9. The van der Waals surface area contributed by atoms with Crippen molar-refractivity contribution in [1.29, 1.82) is 0 Å². The Labute approximate surface area is 303 Å². The van der Waals surface area contributed by atoms with Crippen molar-refractivity contribution in [2.24, 2.45) is 0 Å². The molecule has 2 N–H and O–H groups in total. The summed E-state index contributed by atoms with van der Waals surface area (Å²) in [4.78, 5) is 0. The summed E-state index contributed by atoms with van der Waals surface area (Å²) in [6.45, 7) is 18.7. The molecule has 0 heterocycles. The van der Waals surface area contributed by atoms with Crippen LogP contribution in [0.3, 0.4) is 0 Å². The van der Waals surface area contributed by atoms with Crippen molar-refractivity contribution in [2.75, 3.05) is 0 Å². The zero-order valence-electron chi connectivity index (χ0n) is 31.9. The van der Waals surface area contributed by atoms with E-state index in [2.05, 4.69) is 103 Å². The SMILES string of the molecule is CC(C)(C)c1cc(CSC2CCCCCC[C@@H]2SCc2cc(C(C)(C)C)cc(C3(C)CCCCC3)c2O)c(O)c(C2(C)CCCCC2)c1. The smallest absolute Gasteiger partial charge is 0.123 e. The summed E-state index contributed by atoms with van der Waals surface area (Å²) in [5.41, 5.74) is 7.62. The molecular formula is C44H68O2S2. The van der Waals surface area contributed by atoms with Gasteiger partial charge in [-0.1, -0.05) is 144 Å². The Balaban J connectivity index is 1.40. The summed E-state index contributed by atoms with van der Waals surface area (Å²) in [6, 6.07) is 9.35. The molecule has 0 bridgehead atoms. The highest BCUT2D eigenvalue weighted by atomic mass is 32.2. The monoisotopic (exact) mass is 692 g/mol. The van der Waals surface area contributed by atoms with Gasteiger partial charge in [-0.25, -0.2) is 0 Å². The van der Waals surface area contributed by atoms with Gasteiger partial charge in [-0.05, 0) is 71.3 Å². The Morgan fingerprint density at radius 1 is 0.542 bits per heavy atom. The van der Waals surface area contributed by atoms with Crippen LogP contribution < -0.4 is 0 Å². The maximum Gasteiger partial charge on any atom is 0.123 e. The summed E-state index contributed by atoms with van der Waals surface area (Å²) in [7, 11) is 0. The number of benzene rings is 2. The molecule has 3 fully saturated rings. The van der Waals surface area contributed by atoms with Gasteiger partial charge in [0.1, 0.15) is 11.5 Å². The van der Waals surface area contributed by atoms with Crippen LogP contribution in [-0.2, 0) is 33.2 Å². The Hall–Kier alpha value is -1.26. The molecule has 3 aliphatic rings. The van der Waals surface area contributed by atoms with Gasteiger partial charge >= 0.3 is 0 Å². The number of hydrogen-bond donors (Lipinski definition) is 2. The third kappa shape index (κ3) is 8.96. The molecule has 2 aromatic carbocycles. The third-order valence-electron chi connectivity index (χ3n) is 12.4. The molecule has 1 unspecified atom stereocenters. The summed E-state index contributed by atoms with van der Waals surface area (Å²) in [6.07, 6.45) is 20.1. The van der Waals surface area contributed by atoms with E-state index in [0.29, 0.717) is 22.0 Å². The van der Waals surface area contributed by atoms with Crippen LogP contribution in [0, 0.1) is 0 Å². The van der Waals surface area contributed by atoms with Crippen LogP contribution in [0.1, 0.15) is 192 Å². The zero-order chi connectivity index (χ0) is 34.7. The van der Waals surface area contributed by atoms with Gasteiger partial charge in [-0.15, -0.1) is 0 Å². The molecule has 0 spiro atoms. The van der Waals surface area contributed by atoms with Gasteiger partial charge in [0.25, 0.3) is 0 Å². The van der Waals surface area contributed by atoms with E-state index < -0.39 is 0 Å². The first-order valence-corrected chi connectivity index (χ1v) is 21.7. The summed E-state index contributed by atoms with van der Waals surface area (Å²) in [5, 5.41) is 24.8. The Morgan fingerprint density at radius 3 is 1.21 bits per heavy atom. The quantitative estimate of drug-likeness (QED) is 0.289. The number of thioether (sulfide) groups is 2. The predicted octanol–water partition coefficient (Wildman–Crippen LogP) is 13.4. The molecule has 0 radical (unpaired) electrons. The predicted molar refractivity (Wildman–Crippen MR) is 212 cm³/mol. The van der Waals surface area contributed by atoms with Crippen molar-refractivity contribution < 1.29 is 10.2 Å². The van der Waals surface area contributed by atoms with E-state index in [0.717, 1.165) is 22.6 Å². The van der Waals surface area contributed by atoms with Crippen LogP contribution in [0.15, 0.2) is 24.3 Å². The van der Waals surface area contributed by atoms with Crippen LogP contribution in [0.2, 0.25) is 0 Å². The van der Waals surface area contributed by atoms with Gasteiger partial charge in [0.15, 0.2) is 0 Å². The van der Waals surface area contributed by atoms with E-state index in [-0.39, 0.29) is 21.7 Å². The number of rotatable bonds is 8. The second-order valence-corrected chi connectivity index (χ2v) is 21.0. The molecule has 48 heavy (non-hydrogen) atoms. The van der Waals surface area contributed by atoms with E-state index >= 15 is 0 Å². The lowest BCUT2D eigenvalue weighted by molar-refractivity contribution is 0.307. The minimum atomic E-state index is 0.0443. The lowest BCUT2D eigenvalue weighted by atomic mass is 9.69. The highest BCUT2D eigenvalue weighted by Gasteiger charge is 2.36. The average Bonchev–Trinajstić information content (AvgIpc) is 3.01. The second kappa shape index (κ2) is 15.5. The van der Waals surface area contributed by atoms with E-state index in [1.165, 1.54) is 125 Å². The molecule has 0 saturated heterocycles. The lowest BCUT2D eigenvalue weighted by Crippen LogP contribution is -2.27. The van der Waals surface area contributed by atoms with Crippen LogP contribution in [-0.4, -0.2) is 20.7 Å². The molecule has 5 rings (SSSR count). The van der Waals surface area contributed by atoms with Gasteiger partial charge in [-0.2, -0.15) is 23.5 Å². The molecule has 2 atom stereocenters. The Bertz CT molecular complexity index is 1260. The van der Waals surface area contributed by atoms with E-state index in [1.54, 1.807) is 0 Å². The highest BCUT2D eigenvalue weighted by molar-refractivity contribution is 8.03. The van der Waals surface area contributed by atoms with Gasteiger partial charge in [0, 0.05) is 44.3 Å². The van der Waals surface area contributed by atoms with Crippen LogP contribution in [0.25, 0.3) is 0 Å². The largest absolute Gasteiger partial charge is 0.507 e. The molecule has 4 heteroatoms. The maximum absolute atomic E-state index is 11.9. The molecule has 0 amide bonds.